The number of halogens is 2. The van der Waals surface area contributed by atoms with Gasteiger partial charge in [-0.05, 0) is 45.1 Å². The first-order valence-corrected chi connectivity index (χ1v) is 8.52. The average Bonchev–Trinajstić information content (AvgIpc) is 2.94. The van der Waals surface area contributed by atoms with E-state index < -0.39 is 0 Å². The van der Waals surface area contributed by atoms with Crippen molar-refractivity contribution in [1.29, 1.82) is 0 Å². The molecule has 0 spiro atoms. The smallest absolute Gasteiger partial charge is 0.194 e. The topological polar surface area (TPSA) is 51.1 Å². The minimum Gasteiger partial charge on any atom is -0.391 e. The molecule has 1 heterocycles. The molecule has 1 saturated heterocycles. The lowest BCUT2D eigenvalue weighted by Crippen LogP contribution is -2.41. The Morgan fingerprint density at radius 1 is 1.42 bits per heavy atom. The van der Waals surface area contributed by atoms with Crippen LogP contribution in [0.1, 0.15) is 24.9 Å². The molecule has 0 amide bonds. The van der Waals surface area contributed by atoms with Crippen molar-refractivity contribution >= 4 is 41.5 Å². The van der Waals surface area contributed by atoms with Crippen LogP contribution < -0.4 is 5.32 Å². The van der Waals surface area contributed by atoms with Gasteiger partial charge >= 0.3 is 0 Å². The zero-order valence-corrected chi connectivity index (χ0v) is 17.7. The van der Waals surface area contributed by atoms with Gasteiger partial charge in [-0.3, -0.25) is 4.99 Å². The van der Waals surface area contributed by atoms with Gasteiger partial charge in [-0.1, -0.05) is 23.7 Å². The van der Waals surface area contributed by atoms with Crippen molar-refractivity contribution in [2.75, 3.05) is 40.3 Å². The minimum atomic E-state index is -0.250. The van der Waals surface area contributed by atoms with Crippen molar-refractivity contribution in [3.05, 3.63) is 34.9 Å². The molecule has 1 fully saturated rings. The van der Waals surface area contributed by atoms with E-state index in [9.17, 15) is 5.11 Å². The molecule has 5 nitrogen and oxygen atoms in total. The average molecular weight is 467 g/mol. The molecule has 24 heavy (non-hydrogen) atoms. The Morgan fingerprint density at radius 2 is 2.08 bits per heavy atom. The number of β-amino-alcohol motifs (C(OH)–C–C–N with tert-alkyl or cyclic N) is 1. The molecule has 1 aliphatic rings. The number of nitrogens with zero attached hydrogens (tertiary/aromatic N) is 3. The Balaban J connectivity index is 0.00000288. The van der Waals surface area contributed by atoms with Gasteiger partial charge in [-0.15, -0.1) is 24.0 Å². The minimum absolute atomic E-state index is 0. The second-order valence-electron chi connectivity index (χ2n) is 6.11. The summed E-state index contributed by atoms with van der Waals surface area (Å²) in [5.74, 6) is 0.880. The van der Waals surface area contributed by atoms with E-state index in [-0.39, 0.29) is 36.1 Å². The second kappa shape index (κ2) is 10.4. The molecule has 1 unspecified atom stereocenters. The fourth-order valence-electron chi connectivity index (χ4n) is 2.78. The molecule has 0 saturated carbocycles. The van der Waals surface area contributed by atoms with Crippen LogP contribution in [0.2, 0.25) is 5.02 Å². The van der Waals surface area contributed by atoms with Gasteiger partial charge in [-0.25, -0.2) is 0 Å². The first-order valence-electron chi connectivity index (χ1n) is 8.14. The highest BCUT2D eigenvalue weighted by atomic mass is 127. The number of aliphatic imine (C=N–C) groups is 1. The first kappa shape index (κ1) is 21.5. The van der Waals surface area contributed by atoms with E-state index in [4.69, 9.17) is 16.6 Å². The second-order valence-corrected chi connectivity index (χ2v) is 6.55. The molecule has 2 rings (SSSR count). The van der Waals surface area contributed by atoms with E-state index in [1.54, 1.807) is 0 Å². The van der Waals surface area contributed by atoms with Crippen molar-refractivity contribution in [3.8, 4) is 0 Å². The lowest BCUT2D eigenvalue weighted by molar-refractivity contribution is 0.187. The van der Waals surface area contributed by atoms with Gasteiger partial charge in [0.2, 0.25) is 0 Å². The van der Waals surface area contributed by atoms with Crippen LogP contribution in [0.15, 0.2) is 29.3 Å². The quantitative estimate of drug-likeness (QED) is 0.398. The van der Waals surface area contributed by atoms with E-state index >= 15 is 0 Å². The van der Waals surface area contributed by atoms with Gasteiger partial charge in [0.05, 0.1) is 18.7 Å². The van der Waals surface area contributed by atoms with Crippen molar-refractivity contribution in [1.82, 2.24) is 15.1 Å². The molecule has 0 aromatic heterocycles. The molecule has 2 N–H and O–H groups in total. The molecule has 136 valence electrons. The number of hydrogen-bond donors (Lipinski definition) is 2. The highest BCUT2D eigenvalue weighted by molar-refractivity contribution is 14.0. The highest BCUT2D eigenvalue weighted by Crippen LogP contribution is 2.21. The third-order valence-electron chi connectivity index (χ3n) is 4.09. The van der Waals surface area contributed by atoms with Gasteiger partial charge in [0, 0.05) is 24.7 Å². The number of aliphatic hydroxyl groups is 1. The van der Waals surface area contributed by atoms with Gasteiger partial charge in [0.25, 0.3) is 0 Å². The number of rotatable bonds is 5. The predicted molar refractivity (Wildman–Crippen MR) is 111 cm³/mol. The molecule has 0 bridgehead atoms. The number of guanidine groups is 1. The normalized spacial score (nSPS) is 19.3. The summed E-state index contributed by atoms with van der Waals surface area (Å²) in [6.07, 6.45) is 0.554. The molecule has 0 aliphatic carbocycles. The van der Waals surface area contributed by atoms with Crippen LogP contribution in [0.25, 0.3) is 0 Å². The van der Waals surface area contributed by atoms with Crippen LogP contribution >= 0.6 is 35.6 Å². The van der Waals surface area contributed by atoms with Gasteiger partial charge < -0.3 is 20.2 Å². The maximum Gasteiger partial charge on any atom is 0.194 e. The van der Waals surface area contributed by atoms with Crippen LogP contribution in [0.3, 0.4) is 0 Å². The zero-order valence-electron chi connectivity index (χ0n) is 14.6. The fourth-order valence-corrected chi connectivity index (χ4v) is 2.91. The number of aliphatic hydroxyl groups excluding tert-OH is 1. The Bertz CT molecular complexity index is 524. The number of benzene rings is 1. The lowest BCUT2D eigenvalue weighted by Gasteiger charge is -2.26. The first-order chi connectivity index (χ1) is 11.0. The fraction of sp³-hybridized carbons (Fsp3) is 0.588. The molecular weight excluding hydrogens is 439 g/mol. The van der Waals surface area contributed by atoms with Crippen LogP contribution in [-0.4, -0.2) is 67.2 Å². The molecule has 2 atom stereocenters. The molecular formula is C17H28ClIN4O. The monoisotopic (exact) mass is 466 g/mol. The number of likely N-dealkylation sites (tertiary alicyclic amines) is 1. The van der Waals surface area contributed by atoms with Crippen molar-refractivity contribution in [2.24, 2.45) is 4.99 Å². The van der Waals surface area contributed by atoms with E-state index in [2.05, 4.69) is 48.3 Å². The third-order valence-corrected chi connectivity index (χ3v) is 4.34. The molecule has 1 aliphatic heterocycles. The van der Waals surface area contributed by atoms with E-state index in [1.807, 2.05) is 12.1 Å². The van der Waals surface area contributed by atoms with Gasteiger partial charge in [0.1, 0.15) is 0 Å². The van der Waals surface area contributed by atoms with Crippen molar-refractivity contribution in [2.45, 2.75) is 25.5 Å². The Morgan fingerprint density at radius 3 is 2.58 bits per heavy atom. The summed E-state index contributed by atoms with van der Waals surface area (Å²) in [6, 6.07) is 8.12. The van der Waals surface area contributed by atoms with Crippen molar-refractivity contribution in [3.63, 3.8) is 0 Å². The third kappa shape index (κ3) is 6.06. The van der Waals surface area contributed by atoms with E-state index in [1.165, 1.54) is 5.56 Å². The molecule has 1 aromatic rings. The number of nitrogens with one attached hydrogen (secondary N) is 1. The Kier molecular flexibility index (Phi) is 9.33. The summed E-state index contributed by atoms with van der Waals surface area (Å²) in [5.41, 5.74) is 1.19. The molecule has 7 heteroatoms. The van der Waals surface area contributed by atoms with Crippen LogP contribution in [0, 0.1) is 0 Å². The summed E-state index contributed by atoms with van der Waals surface area (Å²) < 4.78 is 0. The Labute approximate surface area is 167 Å². The number of hydrogen-bond acceptors (Lipinski definition) is 3. The summed E-state index contributed by atoms with van der Waals surface area (Å²) in [5, 5.41) is 13.8. The summed E-state index contributed by atoms with van der Waals surface area (Å²) >= 11 is 5.98. The maximum absolute atomic E-state index is 9.74. The van der Waals surface area contributed by atoms with Crippen LogP contribution in [0.4, 0.5) is 0 Å². The highest BCUT2D eigenvalue weighted by Gasteiger charge is 2.23. The largest absolute Gasteiger partial charge is 0.391 e. The number of likely N-dealkylation sites (N-methyl/N-ethyl adjacent to an activating group) is 1. The maximum atomic E-state index is 9.74. The van der Waals surface area contributed by atoms with Crippen LogP contribution in [-0.2, 0) is 0 Å². The predicted octanol–water partition coefficient (Wildman–Crippen LogP) is 2.59. The van der Waals surface area contributed by atoms with Crippen LogP contribution in [0.5, 0.6) is 0 Å². The molecule has 0 radical (unpaired) electrons. The van der Waals surface area contributed by atoms with Crippen molar-refractivity contribution < 1.29 is 5.11 Å². The SMILES string of the molecule is CCNC(=NCC(c1ccc(Cl)cc1)N(C)C)N1CC[C@@H](O)C1.I. The van der Waals surface area contributed by atoms with E-state index in [0.717, 1.165) is 30.5 Å². The molecule has 1 aromatic carbocycles. The standard InChI is InChI=1S/C17H27ClN4O.HI/c1-4-19-17(22-10-9-15(23)12-22)20-11-16(21(2)3)13-5-7-14(18)8-6-13;/h5-8,15-16,23H,4,9-12H2,1-3H3,(H,19,20);1H/t15-,16?;/m1./s1. The zero-order chi connectivity index (χ0) is 16.8. The summed E-state index contributed by atoms with van der Waals surface area (Å²) in [4.78, 5) is 9.09. The Hall–Kier alpha value is -0.570. The lowest BCUT2D eigenvalue weighted by atomic mass is 10.1. The summed E-state index contributed by atoms with van der Waals surface area (Å²) in [6.45, 7) is 5.03. The van der Waals surface area contributed by atoms with E-state index in [0.29, 0.717) is 13.1 Å². The summed E-state index contributed by atoms with van der Waals surface area (Å²) in [7, 11) is 4.11. The van der Waals surface area contributed by atoms with Gasteiger partial charge in [0.15, 0.2) is 5.96 Å². The van der Waals surface area contributed by atoms with Gasteiger partial charge in [-0.2, -0.15) is 0 Å².